The normalized spacial score (nSPS) is 10.5. The minimum Gasteiger partial charge on any atom is -0.465 e. The summed E-state index contributed by atoms with van der Waals surface area (Å²) in [6, 6.07) is 12.1. The minimum absolute atomic E-state index is 0.316. The lowest BCUT2D eigenvalue weighted by Gasteiger charge is -2.09. The molecule has 1 heterocycles. The number of esters is 1. The van der Waals surface area contributed by atoms with Crippen LogP contribution in [0.25, 0.3) is 10.9 Å². The third-order valence-corrected chi connectivity index (χ3v) is 3.46. The van der Waals surface area contributed by atoms with E-state index in [4.69, 9.17) is 22.1 Å². The van der Waals surface area contributed by atoms with Crippen molar-refractivity contribution in [3.05, 3.63) is 53.1 Å². The van der Waals surface area contributed by atoms with Crippen LogP contribution in [0.1, 0.15) is 10.4 Å². The van der Waals surface area contributed by atoms with Gasteiger partial charge in [-0.05, 0) is 36.4 Å². The molecule has 0 fully saturated rings. The lowest BCUT2D eigenvalue weighted by molar-refractivity contribution is 0.0601. The zero-order valence-electron chi connectivity index (χ0n) is 12.2. The number of aromatic nitrogens is 2. The average molecular weight is 329 g/mol. The van der Waals surface area contributed by atoms with Gasteiger partial charge in [0.2, 0.25) is 5.95 Å². The van der Waals surface area contributed by atoms with Gasteiger partial charge in [0.1, 0.15) is 5.82 Å². The zero-order chi connectivity index (χ0) is 16.4. The van der Waals surface area contributed by atoms with Gasteiger partial charge >= 0.3 is 5.97 Å². The number of hydrogen-bond acceptors (Lipinski definition) is 6. The molecule has 0 aliphatic carbocycles. The SMILES string of the molecule is COC(=O)c1ccc2c(N)nc(Nc3cccc(Cl)c3)nc2c1. The number of benzene rings is 2. The van der Waals surface area contributed by atoms with E-state index in [-0.39, 0.29) is 0 Å². The molecule has 0 atom stereocenters. The van der Waals surface area contributed by atoms with Gasteiger partial charge < -0.3 is 15.8 Å². The summed E-state index contributed by atoms with van der Waals surface area (Å²) in [5.74, 6) is 0.198. The number of nitrogens with two attached hydrogens (primary N) is 1. The first-order valence-electron chi connectivity index (χ1n) is 6.75. The van der Waals surface area contributed by atoms with Crippen molar-refractivity contribution in [2.45, 2.75) is 0 Å². The Kier molecular flexibility index (Phi) is 3.99. The van der Waals surface area contributed by atoms with Gasteiger partial charge in [-0.1, -0.05) is 17.7 Å². The van der Waals surface area contributed by atoms with Crippen LogP contribution < -0.4 is 11.1 Å². The highest BCUT2D eigenvalue weighted by atomic mass is 35.5. The summed E-state index contributed by atoms with van der Waals surface area (Å²) in [5, 5.41) is 4.29. The van der Waals surface area contributed by atoms with Gasteiger partial charge in [0.05, 0.1) is 18.2 Å². The van der Waals surface area contributed by atoms with Crippen molar-refractivity contribution in [2.75, 3.05) is 18.2 Å². The van der Waals surface area contributed by atoms with Gasteiger partial charge in [-0.3, -0.25) is 0 Å². The number of nitrogen functional groups attached to an aromatic ring is 1. The molecule has 3 aromatic rings. The summed E-state index contributed by atoms with van der Waals surface area (Å²) < 4.78 is 4.71. The highest BCUT2D eigenvalue weighted by Gasteiger charge is 2.10. The van der Waals surface area contributed by atoms with Gasteiger partial charge in [0.15, 0.2) is 0 Å². The fraction of sp³-hybridized carbons (Fsp3) is 0.0625. The second-order valence-corrected chi connectivity index (χ2v) is 5.23. The molecule has 1 aromatic heterocycles. The van der Waals surface area contributed by atoms with Crippen LogP contribution >= 0.6 is 11.6 Å². The molecule has 3 rings (SSSR count). The van der Waals surface area contributed by atoms with Gasteiger partial charge in [0, 0.05) is 16.1 Å². The van der Waals surface area contributed by atoms with Crippen LogP contribution in [-0.2, 0) is 4.74 Å². The summed E-state index contributed by atoms with van der Waals surface area (Å²) in [5.41, 5.74) is 7.64. The van der Waals surface area contributed by atoms with E-state index >= 15 is 0 Å². The van der Waals surface area contributed by atoms with Crippen LogP contribution in [0.5, 0.6) is 0 Å². The molecule has 2 aromatic carbocycles. The Hall–Kier alpha value is -2.86. The Morgan fingerprint density at radius 3 is 2.78 bits per heavy atom. The Labute approximate surface area is 137 Å². The average Bonchev–Trinajstić information content (AvgIpc) is 2.53. The second-order valence-electron chi connectivity index (χ2n) is 4.79. The molecular weight excluding hydrogens is 316 g/mol. The Morgan fingerprint density at radius 2 is 2.04 bits per heavy atom. The number of carbonyl (C=O) groups is 1. The highest BCUT2D eigenvalue weighted by Crippen LogP contribution is 2.24. The molecule has 0 aliphatic rings. The van der Waals surface area contributed by atoms with Gasteiger partial charge in [0.25, 0.3) is 0 Å². The third-order valence-electron chi connectivity index (χ3n) is 3.23. The number of carbonyl (C=O) groups excluding carboxylic acids is 1. The molecule has 0 aliphatic heterocycles. The number of ether oxygens (including phenoxy) is 1. The van der Waals surface area contributed by atoms with Gasteiger partial charge in [-0.15, -0.1) is 0 Å². The molecule has 7 heteroatoms. The van der Waals surface area contributed by atoms with Crippen LogP contribution in [0.3, 0.4) is 0 Å². The number of methoxy groups -OCH3 is 1. The topological polar surface area (TPSA) is 90.1 Å². The predicted molar refractivity (Wildman–Crippen MR) is 90.0 cm³/mol. The van der Waals surface area contributed by atoms with E-state index in [0.717, 1.165) is 5.69 Å². The van der Waals surface area contributed by atoms with Crippen molar-refractivity contribution < 1.29 is 9.53 Å². The molecule has 116 valence electrons. The summed E-state index contributed by atoms with van der Waals surface area (Å²) >= 11 is 5.95. The summed E-state index contributed by atoms with van der Waals surface area (Å²) in [7, 11) is 1.33. The van der Waals surface area contributed by atoms with E-state index in [0.29, 0.717) is 33.3 Å². The van der Waals surface area contributed by atoms with E-state index in [1.807, 2.05) is 12.1 Å². The van der Waals surface area contributed by atoms with Crippen LogP contribution in [-0.4, -0.2) is 23.0 Å². The van der Waals surface area contributed by atoms with E-state index in [1.54, 1.807) is 30.3 Å². The Bertz CT molecular complexity index is 898. The van der Waals surface area contributed by atoms with Crippen LogP contribution in [0.4, 0.5) is 17.5 Å². The molecule has 0 bridgehead atoms. The molecule has 0 saturated carbocycles. The fourth-order valence-electron chi connectivity index (χ4n) is 2.15. The molecule has 0 radical (unpaired) electrons. The summed E-state index contributed by atoms with van der Waals surface area (Å²) in [4.78, 5) is 20.2. The summed E-state index contributed by atoms with van der Waals surface area (Å²) in [6.07, 6.45) is 0. The molecule has 0 amide bonds. The molecule has 23 heavy (non-hydrogen) atoms. The molecule has 3 N–H and O–H groups in total. The lowest BCUT2D eigenvalue weighted by Crippen LogP contribution is -2.04. The molecular formula is C16H13ClN4O2. The molecule has 0 spiro atoms. The Morgan fingerprint density at radius 1 is 1.22 bits per heavy atom. The smallest absolute Gasteiger partial charge is 0.337 e. The minimum atomic E-state index is -0.437. The largest absolute Gasteiger partial charge is 0.465 e. The standard InChI is InChI=1S/C16H13ClN4O2/c1-23-15(22)9-5-6-12-13(7-9)20-16(21-14(12)18)19-11-4-2-3-10(17)8-11/h2-8H,1H3,(H3,18,19,20,21). The number of rotatable bonds is 3. The predicted octanol–water partition coefficient (Wildman–Crippen LogP) is 3.40. The summed E-state index contributed by atoms with van der Waals surface area (Å²) in [6.45, 7) is 0. The van der Waals surface area contributed by atoms with Crippen LogP contribution in [0.15, 0.2) is 42.5 Å². The lowest BCUT2D eigenvalue weighted by atomic mass is 10.1. The number of fused-ring (bicyclic) bond motifs is 1. The fourth-order valence-corrected chi connectivity index (χ4v) is 2.34. The van der Waals surface area contributed by atoms with E-state index in [1.165, 1.54) is 7.11 Å². The zero-order valence-corrected chi connectivity index (χ0v) is 13.0. The molecule has 0 unspecified atom stereocenters. The third kappa shape index (κ3) is 3.17. The maximum atomic E-state index is 11.6. The van der Waals surface area contributed by atoms with Crippen LogP contribution in [0, 0.1) is 0 Å². The maximum Gasteiger partial charge on any atom is 0.337 e. The quantitative estimate of drug-likeness (QED) is 0.716. The van der Waals surface area contributed by atoms with Crippen molar-refractivity contribution >= 4 is 45.9 Å². The number of halogens is 1. The van der Waals surface area contributed by atoms with Crippen molar-refractivity contribution in [3.63, 3.8) is 0 Å². The van der Waals surface area contributed by atoms with Crippen LogP contribution in [0.2, 0.25) is 5.02 Å². The molecule has 6 nitrogen and oxygen atoms in total. The van der Waals surface area contributed by atoms with Crippen molar-refractivity contribution in [1.82, 2.24) is 9.97 Å². The van der Waals surface area contributed by atoms with Crippen molar-refractivity contribution in [2.24, 2.45) is 0 Å². The van der Waals surface area contributed by atoms with Crippen molar-refractivity contribution in [3.8, 4) is 0 Å². The van der Waals surface area contributed by atoms with E-state index in [9.17, 15) is 4.79 Å². The first-order chi connectivity index (χ1) is 11.1. The first kappa shape index (κ1) is 15.1. The van der Waals surface area contributed by atoms with Gasteiger partial charge in [-0.2, -0.15) is 4.98 Å². The number of nitrogens with zero attached hydrogens (tertiary/aromatic N) is 2. The second kappa shape index (κ2) is 6.10. The van der Waals surface area contributed by atoms with E-state index < -0.39 is 5.97 Å². The molecule has 0 saturated heterocycles. The first-order valence-corrected chi connectivity index (χ1v) is 7.13. The Balaban J connectivity index is 2.03. The maximum absolute atomic E-state index is 11.6. The monoisotopic (exact) mass is 328 g/mol. The van der Waals surface area contributed by atoms with Gasteiger partial charge in [-0.25, -0.2) is 9.78 Å². The number of anilines is 3. The number of hydrogen-bond donors (Lipinski definition) is 2. The number of nitrogens with one attached hydrogen (secondary N) is 1. The van der Waals surface area contributed by atoms with E-state index in [2.05, 4.69) is 15.3 Å². The highest BCUT2D eigenvalue weighted by molar-refractivity contribution is 6.30. The van der Waals surface area contributed by atoms with Crippen molar-refractivity contribution in [1.29, 1.82) is 0 Å².